The van der Waals surface area contributed by atoms with Gasteiger partial charge in [0.2, 0.25) is 0 Å². The van der Waals surface area contributed by atoms with Gasteiger partial charge in [-0.05, 0) is 44.0 Å². The van der Waals surface area contributed by atoms with Crippen LogP contribution in [0.1, 0.15) is 39.4 Å². The maximum Gasteiger partial charge on any atom is 0.117 e. The number of hydrogen-bond donors (Lipinski definition) is 1. The topological polar surface area (TPSA) is 37.6 Å². The first-order valence-corrected chi connectivity index (χ1v) is 8.28. The van der Waals surface area contributed by atoms with Crippen molar-refractivity contribution in [2.75, 3.05) is 26.2 Å². The summed E-state index contributed by atoms with van der Waals surface area (Å²) >= 11 is 0. The first kappa shape index (κ1) is 16.5. The van der Waals surface area contributed by atoms with Gasteiger partial charge in [0, 0.05) is 13.1 Å². The summed E-state index contributed by atoms with van der Waals surface area (Å²) in [5, 5.41) is 3.50. The second-order valence-corrected chi connectivity index (χ2v) is 6.42. The van der Waals surface area contributed by atoms with Crippen molar-refractivity contribution >= 4 is 0 Å². The highest BCUT2D eigenvalue weighted by Crippen LogP contribution is 2.21. The van der Waals surface area contributed by atoms with E-state index in [1.54, 1.807) is 6.26 Å². The fraction of sp³-hybridized carbons (Fsp3) is 0.765. The highest BCUT2D eigenvalue weighted by Gasteiger charge is 2.26. The van der Waals surface area contributed by atoms with Crippen LogP contribution >= 0.6 is 0 Å². The molecule has 21 heavy (non-hydrogen) atoms. The van der Waals surface area contributed by atoms with Crippen molar-refractivity contribution in [1.29, 1.82) is 0 Å². The summed E-state index contributed by atoms with van der Waals surface area (Å²) in [6.45, 7) is 11.6. The zero-order valence-electron chi connectivity index (χ0n) is 13.7. The molecule has 2 unspecified atom stereocenters. The molecular weight excluding hydrogens is 264 g/mol. The van der Waals surface area contributed by atoms with E-state index in [0.29, 0.717) is 18.1 Å². The van der Waals surface area contributed by atoms with E-state index in [4.69, 9.17) is 9.15 Å². The molecule has 1 aliphatic heterocycles. The molecule has 1 aromatic heterocycles. The van der Waals surface area contributed by atoms with Crippen LogP contribution in [0.4, 0.5) is 0 Å². The zero-order valence-corrected chi connectivity index (χ0v) is 13.7. The molecule has 0 amide bonds. The third-order valence-corrected chi connectivity index (χ3v) is 3.99. The average molecular weight is 294 g/mol. The van der Waals surface area contributed by atoms with Gasteiger partial charge in [0.1, 0.15) is 5.76 Å². The number of likely N-dealkylation sites (N-methyl/N-ethyl adjacent to an activating group) is 1. The van der Waals surface area contributed by atoms with Gasteiger partial charge in [-0.25, -0.2) is 0 Å². The number of furan rings is 1. The van der Waals surface area contributed by atoms with Crippen LogP contribution in [0.25, 0.3) is 0 Å². The first-order valence-electron chi connectivity index (χ1n) is 8.28. The number of nitrogens with zero attached hydrogens (tertiary/aromatic N) is 1. The molecule has 1 fully saturated rings. The second kappa shape index (κ2) is 8.57. The van der Waals surface area contributed by atoms with Gasteiger partial charge in [0.15, 0.2) is 0 Å². The highest BCUT2D eigenvalue weighted by molar-refractivity contribution is 4.98. The van der Waals surface area contributed by atoms with E-state index >= 15 is 0 Å². The molecule has 2 rings (SSSR count). The predicted molar refractivity (Wildman–Crippen MR) is 85.3 cm³/mol. The van der Waals surface area contributed by atoms with Crippen LogP contribution in [-0.4, -0.2) is 43.3 Å². The van der Waals surface area contributed by atoms with E-state index in [1.165, 1.54) is 12.8 Å². The van der Waals surface area contributed by atoms with Crippen molar-refractivity contribution in [2.45, 2.75) is 52.4 Å². The van der Waals surface area contributed by atoms with Crippen LogP contribution in [0.15, 0.2) is 22.8 Å². The predicted octanol–water partition coefficient (Wildman–Crippen LogP) is 2.89. The van der Waals surface area contributed by atoms with E-state index in [1.807, 2.05) is 12.1 Å². The molecule has 1 aliphatic rings. The van der Waals surface area contributed by atoms with Crippen molar-refractivity contribution in [3.63, 3.8) is 0 Å². The molecule has 2 heterocycles. The molecule has 0 aliphatic carbocycles. The lowest BCUT2D eigenvalue weighted by Gasteiger charge is -2.23. The Morgan fingerprint density at radius 1 is 1.33 bits per heavy atom. The Morgan fingerprint density at radius 3 is 2.81 bits per heavy atom. The SMILES string of the molecule is CCN(Cc1ccco1)CC1CCC(CNCC(C)C)O1. The molecule has 0 saturated carbocycles. The van der Waals surface area contributed by atoms with Gasteiger partial charge in [-0.2, -0.15) is 0 Å². The molecular formula is C17H30N2O2. The van der Waals surface area contributed by atoms with E-state index in [0.717, 1.165) is 38.5 Å². The second-order valence-electron chi connectivity index (χ2n) is 6.42. The molecule has 0 aromatic carbocycles. The van der Waals surface area contributed by atoms with E-state index in [-0.39, 0.29) is 0 Å². The summed E-state index contributed by atoms with van der Waals surface area (Å²) < 4.78 is 11.6. The standard InChI is InChI=1S/C17H30N2O2/c1-4-19(12-16-6-5-9-20-16)13-17-8-7-15(21-17)11-18-10-14(2)3/h5-6,9,14-15,17-18H,4,7-8,10-13H2,1-3H3. The smallest absolute Gasteiger partial charge is 0.117 e. The molecule has 4 nitrogen and oxygen atoms in total. The molecule has 1 saturated heterocycles. The van der Waals surface area contributed by atoms with Crippen LogP contribution in [0.5, 0.6) is 0 Å². The summed E-state index contributed by atoms with van der Waals surface area (Å²) in [5.41, 5.74) is 0. The summed E-state index contributed by atoms with van der Waals surface area (Å²) in [4.78, 5) is 2.40. The molecule has 4 heteroatoms. The van der Waals surface area contributed by atoms with Gasteiger partial charge in [-0.3, -0.25) is 4.90 Å². The minimum Gasteiger partial charge on any atom is -0.468 e. The Hall–Kier alpha value is -0.840. The molecule has 0 bridgehead atoms. The highest BCUT2D eigenvalue weighted by atomic mass is 16.5. The van der Waals surface area contributed by atoms with Gasteiger partial charge >= 0.3 is 0 Å². The number of nitrogens with one attached hydrogen (secondary N) is 1. The molecule has 1 aromatic rings. The quantitative estimate of drug-likeness (QED) is 0.760. The fourth-order valence-corrected chi connectivity index (χ4v) is 2.81. The third-order valence-electron chi connectivity index (χ3n) is 3.99. The monoisotopic (exact) mass is 294 g/mol. The van der Waals surface area contributed by atoms with Gasteiger partial charge in [-0.15, -0.1) is 0 Å². The summed E-state index contributed by atoms with van der Waals surface area (Å²) in [6, 6.07) is 3.99. The van der Waals surface area contributed by atoms with Crippen LogP contribution in [-0.2, 0) is 11.3 Å². The van der Waals surface area contributed by atoms with Crippen molar-refractivity contribution in [1.82, 2.24) is 10.2 Å². The van der Waals surface area contributed by atoms with Crippen molar-refractivity contribution in [2.24, 2.45) is 5.92 Å². The van der Waals surface area contributed by atoms with Crippen LogP contribution in [0.3, 0.4) is 0 Å². The van der Waals surface area contributed by atoms with Crippen molar-refractivity contribution < 1.29 is 9.15 Å². The van der Waals surface area contributed by atoms with Crippen LogP contribution in [0, 0.1) is 5.92 Å². The van der Waals surface area contributed by atoms with Crippen LogP contribution in [0.2, 0.25) is 0 Å². The normalized spacial score (nSPS) is 22.5. The maximum atomic E-state index is 6.16. The number of rotatable bonds is 9. The Bertz CT molecular complexity index is 378. The minimum absolute atomic E-state index is 0.366. The van der Waals surface area contributed by atoms with Crippen molar-refractivity contribution in [3.05, 3.63) is 24.2 Å². The Balaban J connectivity index is 1.68. The van der Waals surface area contributed by atoms with Gasteiger partial charge in [0.05, 0.1) is 25.0 Å². The molecule has 2 atom stereocenters. The van der Waals surface area contributed by atoms with Gasteiger partial charge in [-0.1, -0.05) is 20.8 Å². The number of ether oxygens (including phenoxy) is 1. The average Bonchev–Trinajstić information content (AvgIpc) is 3.09. The summed E-state index contributed by atoms with van der Waals surface area (Å²) in [7, 11) is 0. The third kappa shape index (κ3) is 5.81. The lowest BCUT2D eigenvalue weighted by molar-refractivity contribution is 0.0215. The van der Waals surface area contributed by atoms with Gasteiger partial charge < -0.3 is 14.5 Å². The van der Waals surface area contributed by atoms with Crippen molar-refractivity contribution in [3.8, 4) is 0 Å². The molecule has 0 spiro atoms. The Kier molecular flexibility index (Phi) is 6.74. The molecule has 120 valence electrons. The molecule has 1 N–H and O–H groups in total. The maximum absolute atomic E-state index is 6.16. The fourth-order valence-electron chi connectivity index (χ4n) is 2.81. The lowest BCUT2D eigenvalue weighted by atomic mass is 10.1. The van der Waals surface area contributed by atoms with E-state index in [9.17, 15) is 0 Å². The van der Waals surface area contributed by atoms with E-state index in [2.05, 4.69) is 31.0 Å². The Labute approximate surface area is 128 Å². The lowest BCUT2D eigenvalue weighted by Crippen LogP contribution is -2.34. The van der Waals surface area contributed by atoms with E-state index < -0.39 is 0 Å². The largest absolute Gasteiger partial charge is 0.468 e. The number of hydrogen-bond acceptors (Lipinski definition) is 4. The Morgan fingerprint density at radius 2 is 2.14 bits per heavy atom. The first-order chi connectivity index (χ1) is 10.2. The summed E-state index contributed by atoms with van der Waals surface area (Å²) in [6.07, 6.45) is 4.84. The van der Waals surface area contributed by atoms with Gasteiger partial charge in [0.25, 0.3) is 0 Å². The minimum atomic E-state index is 0.366. The van der Waals surface area contributed by atoms with Crippen LogP contribution < -0.4 is 5.32 Å². The molecule has 0 radical (unpaired) electrons. The summed E-state index contributed by atoms with van der Waals surface area (Å²) in [5.74, 6) is 1.73. The zero-order chi connectivity index (χ0) is 15.1.